The van der Waals surface area contributed by atoms with E-state index in [2.05, 4.69) is 26.0 Å². The zero-order valence-corrected chi connectivity index (χ0v) is 20.1. The molecule has 32 heavy (non-hydrogen) atoms. The summed E-state index contributed by atoms with van der Waals surface area (Å²) < 4.78 is 30.0. The third-order valence-corrected chi connectivity index (χ3v) is 7.81. The highest BCUT2D eigenvalue weighted by molar-refractivity contribution is 7.91. The van der Waals surface area contributed by atoms with E-state index in [4.69, 9.17) is 4.74 Å². The van der Waals surface area contributed by atoms with Crippen LogP contribution in [-0.4, -0.2) is 43.4 Å². The van der Waals surface area contributed by atoms with E-state index < -0.39 is 9.84 Å². The number of benzene rings is 2. The Labute approximate surface area is 192 Å². The van der Waals surface area contributed by atoms with E-state index in [0.29, 0.717) is 25.1 Å². The highest BCUT2D eigenvalue weighted by Gasteiger charge is 2.35. The van der Waals surface area contributed by atoms with Gasteiger partial charge in [-0.25, -0.2) is 8.42 Å². The van der Waals surface area contributed by atoms with Crippen molar-refractivity contribution in [1.29, 1.82) is 0 Å². The summed E-state index contributed by atoms with van der Waals surface area (Å²) in [6.07, 6.45) is 6.03. The largest absolute Gasteiger partial charge is 0.494 e. The molecule has 1 amide bonds. The monoisotopic (exact) mass is 457 g/mol. The van der Waals surface area contributed by atoms with E-state index in [-0.39, 0.29) is 23.5 Å². The third kappa shape index (κ3) is 6.83. The molecule has 0 spiro atoms. The first-order valence-electron chi connectivity index (χ1n) is 11.7. The maximum Gasteiger partial charge on any atom is 0.254 e. The predicted octanol–water partition coefficient (Wildman–Crippen LogP) is 5.04. The summed E-state index contributed by atoms with van der Waals surface area (Å²) in [5, 5.41) is 0. The molecule has 0 saturated carbocycles. The van der Waals surface area contributed by atoms with Gasteiger partial charge in [0, 0.05) is 18.2 Å². The van der Waals surface area contributed by atoms with Crippen LogP contribution in [0.25, 0.3) is 0 Å². The number of ether oxygens (including phenoxy) is 1. The van der Waals surface area contributed by atoms with Gasteiger partial charge in [0.05, 0.1) is 18.1 Å². The van der Waals surface area contributed by atoms with Crippen LogP contribution < -0.4 is 4.74 Å². The molecule has 6 heteroatoms. The van der Waals surface area contributed by atoms with Gasteiger partial charge in [-0.3, -0.25) is 4.79 Å². The highest BCUT2D eigenvalue weighted by Crippen LogP contribution is 2.24. The molecule has 0 N–H and O–H groups in total. The molecular formula is C26H35NO4S. The van der Waals surface area contributed by atoms with Crippen LogP contribution in [0.1, 0.15) is 67.4 Å². The zero-order chi connectivity index (χ0) is 23.0. The molecule has 174 valence electrons. The van der Waals surface area contributed by atoms with Crippen LogP contribution in [0, 0.1) is 0 Å². The Morgan fingerprint density at radius 1 is 0.969 bits per heavy atom. The van der Waals surface area contributed by atoms with Crippen molar-refractivity contribution in [2.45, 2.75) is 65.0 Å². The second-order valence-corrected chi connectivity index (χ2v) is 10.8. The van der Waals surface area contributed by atoms with Crippen molar-refractivity contribution in [3.8, 4) is 5.75 Å². The Morgan fingerprint density at radius 2 is 1.66 bits per heavy atom. The lowest BCUT2D eigenvalue weighted by molar-refractivity contribution is 0.0681. The second-order valence-electron chi connectivity index (χ2n) is 8.59. The van der Waals surface area contributed by atoms with Gasteiger partial charge in [0.25, 0.3) is 5.91 Å². The van der Waals surface area contributed by atoms with E-state index in [9.17, 15) is 13.2 Å². The molecule has 1 unspecified atom stereocenters. The Balaban J connectivity index is 1.71. The molecule has 0 radical (unpaired) electrons. The summed E-state index contributed by atoms with van der Waals surface area (Å²) in [5.41, 5.74) is 2.80. The highest BCUT2D eigenvalue weighted by atomic mass is 32.2. The minimum absolute atomic E-state index is 0.0325. The fourth-order valence-corrected chi connectivity index (χ4v) is 5.77. The Morgan fingerprint density at radius 3 is 2.25 bits per heavy atom. The molecule has 0 aromatic heterocycles. The van der Waals surface area contributed by atoms with Gasteiger partial charge in [-0.05, 0) is 54.7 Å². The molecule has 2 aromatic carbocycles. The Kier molecular flexibility index (Phi) is 8.74. The summed E-state index contributed by atoms with van der Waals surface area (Å²) >= 11 is 0. The van der Waals surface area contributed by atoms with Crippen LogP contribution in [0.4, 0.5) is 0 Å². The summed E-state index contributed by atoms with van der Waals surface area (Å²) in [5.74, 6) is 0.788. The van der Waals surface area contributed by atoms with Gasteiger partial charge in [-0.15, -0.1) is 0 Å². The van der Waals surface area contributed by atoms with Crippen molar-refractivity contribution in [3.63, 3.8) is 0 Å². The standard InChI is InChI=1S/C26H35NO4S/c1-3-5-6-7-17-31-25-14-12-23(13-15-25)26(28)27(24-16-18-32(29,30)20-24)19-22-10-8-21(4-2)9-11-22/h8-15,24H,3-7,16-20H2,1-2H3. The normalized spacial score (nSPS) is 17.2. The number of hydrogen-bond donors (Lipinski definition) is 0. The van der Waals surface area contributed by atoms with E-state index in [1.54, 1.807) is 17.0 Å². The van der Waals surface area contributed by atoms with Crippen molar-refractivity contribution in [2.24, 2.45) is 0 Å². The van der Waals surface area contributed by atoms with Crippen LogP contribution in [-0.2, 0) is 22.8 Å². The van der Waals surface area contributed by atoms with E-state index in [1.807, 2.05) is 24.3 Å². The van der Waals surface area contributed by atoms with Crippen LogP contribution in [0.5, 0.6) is 5.75 Å². The van der Waals surface area contributed by atoms with Gasteiger partial charge >= 0.3 is 0 Å². The summed E-state index contributed by atoms with van der Waals surface area (Å²) in [6, 6.07) is 15.1. The topological polar surface area (TPSA) is 63.7 Å². The first-order chi connectivity index (χ1) is 15.4. The van der Waals surface area contributed by atoms with Crippen LogP contribution >= 0.6 is 0 Å². The van der Waals surface area contributed by atoms with Crippen LogP contribution in [0.3, 0.4) is 0 Å². The van der Waals surface area contributed by atoms with Crippen LogP contribution in [0.2, 0.25) is 0 Å². The Bertz CT molecular complexity index is 968. The molecule has 1 fully saturated rings. The van der Waals surface area contributed by atoms with Gasteiger partial charge in [0.2, 0.25) is 0 Å². The average Bonchev–Trinajstić information content (AvgIpc) is 3.17. The number of rotatable bonds is 11. The van der Waals surface area contributed by atoms with Gasteiger partial charge in [0.15, 0.2) is 9.84 Å². The molecule has 0 aliphatic carbocycles. The number of unbranched alkanes of at least 4 members (excludes halogenated alkanes) is 3. The number of nitrogens with zero attached hydrogens (tertiary/aromatic N) is 1. The number of aryl methyl sites for hydroxylation is 1. The predicted molar refractivity (Wildman–Crippen MR) is 129 cm³/mol. The van der Waals surface area contributed by atoms with Gasteiger partial charge < -0.3 is 9.64 Å². The number of amides is 1. The molecule has 5 nitrogen and oxygen atoms in total. The minimum atomic E-state index is -3.10. The van der Waals surface area contributed by atoms with Crippen molar-refractivity contribution in [2.75, 3.05) is 18.1 Å². The van der Waals surface area contributed by atoms with Gasteiger partial charge in [0.1, 0.15) is 5.75 Å². The maximum absolute atomic E-state index is 13.4. The Hall–Kier alpha value is -2.34. The third-order valence-electron chi connectivity index (χ3n) is 6.06. The molecular weight excluding hydrogens is 422 g/mol. The average molecular weight is 458 g/mol. The number of carbonyl (C=O) groups is 1. The smallest absolute Gasteiger partial charge is 0.254 e. The molecule has 1 aliphatic heterocycles. The number of carbonyl (C=O) groups excluding carboxylic acids is 1. The molecule has 1 saturated heterocycles. The lowest BCUT2D eigenvalue weighted by Gasteiger charge is -2.28. The summed E-state index contributed by atoms with van der Waals surface area (Å²) in [4.78, 5) is 15.1. The summed E-state index contributed by atoms with van der Waals surface area (Å²) in [7, 11) is -3.10. The zero-order valence-electron chi connectivity index (χ0n) is 19.3. The lowest BCUT2D eigenvalue weighted by atomic mass is 10.1. The van der Waals surface area contributed by atoms with Crippen LogP contribution in [0.15, 0.2) is 48.5 Å². The van der Waals surface area contributed by atoms with Gasteiger partial charge in [-0.2, -0.15) is 0 Å². The molecule has 2 aromatic rings. The van der Waals surface area contributed by atoms with Crippen molar-refractivity contribution in [3.05, 3.63) is 65.2 Å². The molecule has 1 aliphatic rings. The van der Waals surface area contributed by atoms with Gasteiger partial charge in [-0.1, -0.05) is 57.4 Å². The first kappa shape index (κ1) is 24.3. The fraction of sp³-hybridized carbons (Fsp3) is 0.500. The first-order valence-corrected chi connectivity index (χ1v) is 13.6. The molecule has 3 rings (SSSR count). The van der Waals surface area contributed by atoms with E-state index in [0.717, 1.165) is 30.6 Å². The van der Waals surface area contributed by atoms with E-state index in [1.165, 1.54) is 18.4 Å². The van der Waals surface area contributed by atoms with Crippen molar-refractivity contribution < 1.29 is 17.9 Å². The quantitative estimate of drug-likeness (QED) is 0.444. The summed E-state index contributed by atoms with van der Waals surface area (Å²) in [6.45, 7) is 5.36. The molecule has 1 heterocycles. The second kappa shape index (κ2) is 11.5. The molecule has 0 bridgehead atoms. The lowest BCUT2D eigenvalue weighted by Crippen LogP contribution is -2.40. The van der Waals surface area contributed by atoms with E-state index >= 15 is 0 Å². The fourth-order valence-electron chi connectivity index (χ4n) is 4.04. The molecule has 1 atom stereocenters. The minimum Gasteiger partial charge on any atom is -0.494 e. The number of sulfone groups is 1. The SMILES string of the molecule is CCCCCCOc1ccc(C(=O)N(Cc2ccc(CC)cc2)C2CCS(=O)(=O)C2)cc1. The maximum atomic E-state index is 13.4. The number of hydrogen-bond acceptors (Lipinski definition) is 4. The van der Waals surface area contributed by atoms with Crippen molar-refractivity contribution >= 4 is 15.7 Å². The van der Waals surface area contributed by atoms with Crippen molar-refractivity contribution in [1.82, 2.24) is 4.90 Å².